The summed E-state index contributed by atoms with van der Waals surface area (Å²) in [5.41, 5.74) is 2.92. The number of ether oxygens (including phenoxy) is 1. The van der Waals surface area contributed by atoms with Crippen molar-refractivity contribution in [2.24, 2.45) is 0 Å². The second-order valence-corrected chi connectivity index (χ2v) is 7.33. The first kappa shape index (κ1) is 19.0. The molecule has 1 amide bonds. The van der Waals surface area contributed by atoms with Crippen molar-refractivity contribution in [3.63, 3.8) is 0 Å². The number of amides is 1. The highest BCUT2D eigenvalue weighted by Gasteiger charge is 2.42. The van der Waals surface area contributed by atoms with Crippen molar-refractivity contribution in [1.29, 1.82) is 0 Å². The van der Waals surface area contributed by atoms with Crippen LogP contribution >= 0.6 is 0 Å². The second-order valence-electron chi connectivity index (χ2n) is 7.33. The zero-order chi connectivity index (χ0) is 19.4. The molecule has 142 valence electrons. The van der Waals surface area contributed by atoms with E-state index < -0.39 is 5.66 Å². The van der Waals surface area contributed by atoms with E-state index in [2.05, 4.69) is 25.7 Å². The van der Waals surface area contributed by atoms with Gasteiger partial charge in [-0.25, -0.2) is 0 Å². The van der Waals surface area contributed by atoms with Crippen LogP contribution in [0.15, 0.2) is 60.7 Å². The predicted octanol–water partition coefficient (Wildman–Crippen LogP) is 5.18. The maximum absolute atomic E-state index is 13.3. The predicted molar refractivity (Wildman–Crippen MR) is 110 cm³/mol. The third kappa shape index (κ3) is 3.85. The van der Waals surface area contributed by atoms with Gasteiger partial charge in [-0.2, -0.15) is 0 Å². The molecule has 0 spiro atoms. The van der Waals surface area contributed by atoms with Crippen molar-refractivity contribution in [1.82, 2.24) is 4.90 Å². The molecule has 0 saturated heterocycles. The number of anilines is 1. The van der Waals surface area contributed by atoms with Gasteiger partial charge in [-0.3, -0.25) is 4.79 Å². The molecule has 1 unspecified atom stereocenters. The van der Waals surface area contributed by atoms with E-state index in [9.17, 15) is 4.79 Å². The molecular weight excluding hydrogens is 336 g/mol. The normalized spacial score (nSPS) is 18.6. The quantitative estimate of drug-likeness (QED) is 0.688. The third-order valence-corrected chi connectivity index (χ3v) is 4.94. The molecule has 2 aromatic rings. The minimum atomic E-state index is -0.636. The van der Waals surface area contributed by atoms with Crippen molar-refractivity contribution in [2.75, 3.05) is 18.5 Å². The van der Waals surface area contributed by atoms with E-state index in [0.717, 1.165) is 41.0 Å². The van der Waals surface area contributed by atoms with Crippen molar-refractivity contribution in [3.05, 3.63) is 71.8 Å². The van der Waals surface area contributed by atoms with E-state index in [0.29, 0.717) is 13.2 Å². The van der Waals surface area contributed by atoms with Gasteiger partial charge in [-0.05, 0) is 50.1 Å². The molecular formula is C23H28N2O2. The topological polar surface area (TPSA) is 41.6 Å². The van der Waals surface area contributed by atoms with Gasteiger partial charge >= 0.3 is 0 Å². The highest BCUT2D eigenvalue weighted by Crippen LogP contribution is 2.38. The number of rotatable bonds is 7. The highest BCUT2D eigenvalue weighted by atomic mass is 16.5. The van der Waals surface area contributed by atoms with Crippen LogP contribution in [0.5, 0.6) is 5.75 Å². The fraction of sp³-hybridized carbons (Fsp3) is 0.348. The van der Waals surface area contributed by atoms with Crippen LogP contribution in [0.3, 0.4) is 0 Å². The molecule has 3 rings (SSSR count). The van der Waals surface area contributed by atoms with Crippen molar-refractivity contribution < 1.29 is 9.53 Å². The molecule has 1 heterocycles. The summed E-state index contributed by atoms with van der Waals surface area (Å²) in [7, 11) is 0. The van der Waals surface area contributed by atoms with E-state index in [1.165, 1.54) is 0 Å². The summed E-state index contributed by atoms with van der Waals surface area (Å²) < 4.78 is 5.83. The Labute approximate surface area is 161 Å². The number of benzene rings is 2. The Bertz CT molecular complexity index is 846. The Hall–Kier alpha value is -2.75. The van der Waals surface area contributed by atoms with E-state index in [4.69, 9.17) is 4.74 Å². The van der Waals surface area contributed by atoms with Crippen molar-refractivity contribution in [3.8, 4) is 5.75 Å². The lowest BCUT2D eigenvalue weighted by atomic mass is 9.93. The largest absolute Gasteiger partial charge is 0.489 e. The van der Waals surface area contributed by atoms with E-state index in [-0.39, 0.29) is 5.91 Å². The summed E-state index contributed by atoms with van der Waals surface area (Å²) in [5.74, 6) is 0.842. The van der Waals surface area contributed by atoms with Gasteiger partial charge in [0.25, 0.3) is 5.91 Å². The van der Waals surface area contributed by atoms with Gasteiger partial charge in [0, 0.05) is 17.8 Å². The fourth-order valence-corrected chi connectivity index (χ4v) is 3.42. The summed E-state index contributed by atoms with van der Waals surface area (Å²) in [6.07, 6.45) is 1.99. The summed E-state index contributed by atoms with van der Waals surface area (Å²) in [5, 5.41) is 3.60. The van der Waals surface area contributed by atoms with Gasteiger partial charge in [-0.15, -0.1) is 0 Å². The number of nitrogens with one attached hydrogen (secondary N) is 1. The molecule has 2 aromatic carbocycles. The van der Waals surface area contributed by atoms with Crippen molar-refractivity contribution in [2.45, 2.75) is 39.3 Å². The molecule has 1 N–H and O–H groups in total. The number of hydrogen-bond acceptors (Lipinski definition) is 3. The molecule has 0 fully saturated rings. The lowest BCUT2D eigenvalue weighted by Gasteiger charge is -2.47. The lowest BCUT2D eigenvalue weighted by molar-refractivity contribution is 0.0530. The average molecular weight is 364 g/mol. The maximum atomic E-state index is 13.3. The Morgan fingerprint density at radius 2 is 2.00 bits per heavy atom. The smallest absolute Gasteiger partial charge is 0.258 e. The Morgan fingerprint density at radius 1 is 1.22 bits per heavy atom. The van der Waals surface area contributed by atoms with Gasteiger partial charge in [0.2, 0.25) is 0 Å². The summed E-state index contributed by atoms with van der Waals surface area (Å²) >= 11 is 0. The standard InChI is InChI=1S/C23H28N2O2/c1-5-6-14-25-22(26)20-12-7-8-13-21(20)24-23(25,4)18-10-9-11-19(15-18)27-16-17(2)3/h7-13,15,24H,2,5-6,14,16H2,1,3-4H3. The average Bonchev–Trinajstić information content (AvgIpc) is 2.66. The van der Waals surface area contributed by atoms with Crippen LogP contribution in [-0.4, -0.2) is 24.0 Å². The number of fused-ring (bicyclic) bond motifs is 1. The van der Waals surface area contributed by atoms with Crippen LogP contribution in [0.1, 0.15) is 49.5 Å². The van der Waals surface area contributed by atoms with Crippen LogP contribution in [0.4, 0.5) is 5.69 Å². The summed E-state index contributed by atoms with van der Waals surface area (Å²) in [6, 6.07) is 15.7. The lowest BCUT2D eigenvalue weighted by Crippen LogP contribution is -2.56. The second kappa shape index (κ2) is 7.87. The molecule has 1 aliphatic rings. The van der Waals surface area contributed by atoms with Crippen LogP contribution in [0.25, 0.3) is 0 Å². The molecule has 0 aromatic heterocycles. The van der Waals surface area contributed by atoms with Crippen LogP contribution in [0.2, 0.25) is 0 Å². The fourth-order valence-electron chi connectivity index (χ4n) is 3.42. The number of carbonyl (C=O) groups excluding carboxylic acids is 1. The molecule has 0 aliphatic carbocycles. The molecule has 0 saturated carbocycles. The first-order chi connectivity index (χ1) is 13.0. The zero-order valence-electron chi connectivity index (χ0n) is 16.4. The Balaban J connectivity index is 2.01. The molecule has 4 heteroatoms. The molecule has 4 nitrogen and oxygen atoms in total. The first-order valence-electron chi connectivity index (χ1n) is 9.52. The number of para-hydroxylation sites is 1. The Morgan fingerprint density at radius 3 is 2.74 bits per heavy atom. The molecule has 0 bridgehead atoms. The van der Waals surface area contributed by atoms with Crippen LogP contribution < -0.4 is 10.1 Å². The van der Waals surface area contributed by atoms with Gasteiger partial charge in [0.15, 0.2) is 0 Å². The van der Waals surface area contributed by atoms with Crippen LogP contribution in [0, 0.1) is 0 Å². The maximum Gasteiger partial charge on any atom is 0.258 e. The molecule has 1 atom stereocenters. The van der Waals surface area contributed by atoms with E-state index in [1.807, 2.05) is 60.4 Å². The number of hydrogen-bond donors (Lipinski definition) is 1. The number of unbranched alkanes of at least 4 members (excludes halogenated alkanes) is 1. The summed E-state index contributed by atoms with van der Waals surface area (Å²) in [4.78, 5) is 15.2. The summed E-state index contributed by atoms with van der Waals surface area (Å²) in [6.45, 7) is 11.2. The molecule has 1 aliphatic heterocycles. The van der Waals surface area contributed by atoms with Gasteiger partial charge in [0.1, 0.15) is 18.0 Å². The molecule has 27 heavy (non-hydrogen) atoms. The van der Waals surface area contributed by atoms with E-state index in [1.54, 1.807) is 0 Å². The minimum Gasteiger partial charge on any atom is -0.489 e. The number of nitrogens with zero attached hydrogens (tertiary/aromatic N) is 1. The van der Waals surface area contributed by atoms with E-state index >= 15 is 0 Å². The molecule has 0 radical (unpaired) electrons. The van der Waals surface area contributed by atoms with Crippen LogP contribution in [-0.2, 0) is 5.66 Å². The van der Waals surface area contributed by atoms with Gasteiger partial charge in [-0.1, -0.05) is 44.2 Å². The minimum absolute atomic E-state index is 0.0635. The van der Waals surface area contributed by atoms with Gasteiger partial charge in [0.05, 0.1) is 5.56 Å². The van der Waals surface area contributed by atoms with Crippen molar-refractivity contribution >= 4 is 11.6 Å². The number of carbonyl (C=O) groups is 1. The monoisotopic (exact) mass is 364 g/mol. The highest BCUT2D eigenvalue weighted by molar-refractivity contribution is 6.02. The first-order valence-corrected chi connectivity index (χ1v) is 9.52. The Kier molecular flexibility index (Phi) is 5.54. The SMILES string of the molecule is C=C(C)COc1cccc(C2(C)Nc3ccccc3C(=O)N2CCCC)c1. The third-order valence-electron chi connectivity index (χ3n) is 4.94. The van der Waals surface area contributed by atoms with Gasteiger partial charge < -0.3 is 15.0 Å². The zero-order valence-corrected chi connectivity index (χ0v) is 16.4.